The number of hydrogen-bond acceptors (Lipinski definition) is 4. The molecule has 3 heterocycles. The van der Waals surface area contributed by atoms with Crippen LogP contribution >= 0.6 is 0 Å². The first-order valence-corrected chi connectivity index (χ1v) is 8.53. The van der Waals surface area contributed by atoms with E-state index in [9.17, 15) is 4.79 Å². The van der Waals surface area contributed by atoms with Gasteiger partial charge in [-0.15, -0.1) is 0 Å². The first-order chi connectivity index (χ1) is 11.7. The molecule has 0 N–H and O–H groups in total. The summed E-state index contributed by atoms with van der Waals surface area (Å²) in [5, 5.41) is 4.38. The molecule has 6 heteroatoms. The first-order valence-electron chi connectivity index (χ1n) is 8.53. The van der Waals surface area contributed by atoms with Crippen LogP contribution in [0.3, 0.4) is 0 Å². The Morgan fingerprint density at radius 2 is 2.21 bits per heavy atom. The number of aromatic nitrogens is 3. The Bertz CT molecular complexity index is 724. The molecule has 1 saturated carbocycles. The molecule has 1 fully saturated rings. The molecular formula is C18H22N4O2. The lowest BCUT2D eigenvalue weighted by Crippen LogP contribution is -2.42. The normalized spacial score (nSPS) is 20.0. The smallest absolute Gasteiger partial charge is 0.256 e. The predicted octanol–water partition coefficient (Wildman–Crippen LogP) is 1.98. The second kappa shape index (κ2) is 6.36. The molecule has 2 aromatic heterocycles. The maximum Gasteiger partial charge on any atom is 0.256 e. The molecule has 1 unspecified atom stereocenters. The van der Waals surface area contributed by atoms with Crippen LogP contribution in [0.1, 0.15) is 40.5 Å². The molecule has 24 heavy (non-hydrogen) atoms. The summed E-state index contributed by atoms with van der Waals surface area (Å²) < 4.78 is 7.82. The van der Waals surface area contributed by atoms with Crippen LogP contribution in [0.5, 0.6) is 0 Å². The minimum absolute atomic E-state index is 0.00923. The molecule has 126 valence electrons. The molecule has 0 bridgehead atoms. The zero-order valence-electron chi connectivity index (χ0n) is 13.9. The lowest BCUT2D eigenvalue weighted by molar-refractivity contribution is 0.0348. The molecule has 1 aliphatic heterocycles. The highest BCUT2D eigenvalue weighted by molar-refractivity contribution is 5.94. The molecule has 1 aliphatic carbocycles. The summed E-state index contributed by atoms with van der Waals surface area (Å²) in [6.07, 6.45) is 8.58. The van der Waals surface area contributed by atoms with E-state index in [-0.39, 0.29) is 11.9 Å². The Balaban J connectivity index is 1.59. The summed E-state index contributed by atoms with van der Waals surface area (Å²) >= 11 is 0. The van der Waals surface area contributed by atoms with Crippen molar-refractivity contribution in [2.75, 3.05) is 19.8 Å². The SMILES string of the molecule is Cn1ncc2c1C(COCC1CC1)N(C(=O)c1cccnc1)CC2. The van der Waals surface area contributed by atoms with Crippen molar-refractivity contribution in [2.24, 2.45) is 13.0 Å². The highest BCUT2D eigenvalue weighted by atomic mass is 16.5. The van der Waals surface area contributed by atoms with Gasteiger partial charge in [-0.1, -0.05) is 0 Å². The molecule has 0 spiro atoms. The van der Waals surface area contributed by atoms with Crippen LogP contribution in [0.4, 0.5) is 0 Å². The van der Waals surface area contributed by atoms with Crippen LogP contribution in [-0.4, -0.2) is 45.3 Å². The van der Waals surface area contributed by atoms with Gasteiger partial charge in [0.25, 0.3) is 5.91 Å². The van der Waals surface area contributed by atoms with E-state index in [1.54, 1.807) is 18.5 Å². The minimum atomic E-state index is -0.0901. The quantitative estimate of drug-likeness (QED) is 0.843. The van der Waals surface area contributed by atoms with Crippen LogP contribution in [0.25, 0.3) is 0 Å². The topological polar surface area (TPSA) is 60.2 Å². The van der Waals surface area contributed by atoms with Crippen LogP contribution < -0.4 is 0 Å². The summed E-state index contributed by atoms with van der Waals surface area (Å²) in [6.45, 7) is 2.00. The van der Waals surface area contributed by atoms with E-state index >= 15 is 0 Å². The number of carbonyl (C=O) groups is 1. The summed E-state index contributed by atoms with van der Waals surface area (Å²) in [5.74, 6) is 0.719. The highest BCUT2D eigenvalue weighted by Crippen LogP contribution is 2.33. The number of aryl methyl sites for hydroxylation is 1. The van der Waals surface area contributed by atoms with Crippen LogP contribution in [0.2, 0.25) is 0 Å². The number of fused-ring (bicyclic) bond motifs is 1. The molecule has 0 saturated heterocycles. The second-order valence-corrected chi connectivity index (χ2v) is 6.67. The van der Waals surface area contributed by atoms with E-state index in [4.69, 9.17) is 4.74 Å². The number of carbonyl (C=O) groups excluding carboxylic acids is 1. The number of nitrogens with zero attached hydrogens (tertiary/aromatic N) is 4. The monoisotopic (exact) mass is 326 g/mol. The van der Waals surface area contributed by atoms with E-state index in [1.165, 1.54) is 18.4 Å². The van der Waals surface area contributed by atoms with Gasteiger partial charge in [-0.05, 0) is 42.9 Å². The number of rotatable bonds is 5. The number of pyridine rings is 1. The van der Waals surface area contributed by atoms with Crippen molar-refractivity contribution in [1.82, 2.24) is 19.7 Å². The molecular weight excluding hydrogens is 304 g/mol. The maximum atomic E-state index is 13.0. The van der Waals surface area contributed by atoms with Gasteiger partial charge < -0.3 is 9.64 Å². The van der Waals surface area contributed by atoms with Gasteiger partial charge in [-0.3, -0.25) is 14.5 Å². The van der Waals surface area contributed by atoms with E-state index in [1.807, 2.05) is 28.9 Å². The average Bonchev–Trinajstić information content (AvgIpc) is 3.37. The first kappa shape index (κ1) is 15.3. The zero-order chi connectivity index (χ0) is 16.5. The molecule has 4 rings (SSSR count). The highest BCUT2D eigenvalue weighted by Gasteiger charge is 2.34. The van der Waals surface area contributed by atoms with E-state index < -0.39 is 0 Å². The van der Waals surface area contributed by atoms with Crippen molar-refractivity contribution in [3.8, 4) is 0 Å². The molecule has 0 radical (unpaired) electrons. The molecule has 0 aromatic carbocycles. The van der Waals surface area contributed by atoms with Crippen molar-refractivity contribution in [2.45, 2.75) is 25.3 Å². The number of hydrogen-bond donors (Lipinski definition) is 0. The second-order valence-electron chi connectivity index (χ2n) is 6.67. The van der Waals surface area contributed by atoms with Crippen LogP contribution in [-0.2, 0) is 18.2 Å². The fourth-order valence-corrected chi connectivity index (χ4v) is 3.36. The predicted molar refractivity (Wildman–Crippen MR) is 88.5 cm³/mol. The van der Waals surface area contributed by atoms with Gasteiger partial charge >= 0.3 is 0 Å². The minimum Gasteiger partial charge on any atom is -0.379 e. The fraction of sp³-hybridized carbons (Fsp3) is 0.500. The number of ether oxygens (including phenoxy) is 1. The van der Waals surface area contributed by atoms with Gasteiger partial charge in [0.15, 0.2) is 0 Å². The van der Waals surface area contributed by atoms with E-state index in [0.717, 1.165) is 18.7 Å². The third kappa shape index (κ3) is 2.94. The summed E-state index contributed by atoms with van der Waals surface area (Å²) in [4.78, 5) is 18.9. The van der Waals surface area contributed by atoms with Crippen molar-refractivity contribution in [3.63, 3.8) is 0 Å². The van der Waals surface area contributed by atoms with Crippen LogP contribution in [0.15, 0.2) is 30.7 Å². The molecule has 6 nitrogen and oxygen atoms in total. The van der Waals surface area contributed by atoms with Crippen molar-refractivity contribution in [1.29, 1.82) is 0 Å². The Morgan fingerprint density at radius 3 is 2.96 bits per heavy atom. The van der Waals surface area contributed by atoms with E-state index in [2.05, 4.69) is 10.1 Å². The standard InChI is InChI=1S/C18H22N4O2/c1-21-17-14(10-20-21)6-8-22(16(17)12-24-11-13-4-5-13)18(23)15-3-2-7-19-9-15/h2-3,7,9-10,13,16H,4-6,8,11-12H2,1H3. The molecule has 2 aliphatic rings. The van der Waals surface area contributed by atoms with Gasteiger partial charge in [0, 0.05) is 32.6 Å². The van der Waals surface area contributed by atoms with Gasteiger partial charge in [0.1, 0.15) is 0 Å². The lowest BCUT2D eigenvalue weighted by atomic mass is 9.99. The Morgan fingerprint density at radius 1 is 1.33 bits per heavy atom. The van der Waals surface area contributed by atoms with Crippen LogP contribution in [0, 0.1) is 5.92 Å². The van der Waals surface area contributed by atoms with Crippen molar-refractivity contribution >= 4 is 5.91 Å². The van der Waals surface area contributed by atoms with Gasteiger partial charge in [-0.2, -0.15) is 5.10 Å². The summed E-state index contributed by atoms with van der Waals surface area (Å²) in [6, 6.07) is 3.52. The third-order valence-electron chi connectivity index (χ3n) is 4.87. The Labute approximate surface area is 141 Å². The third-order valence-corrected chi connectivity index (χ3v) is 4.87. The van der Waals surface area contributed by atoms with Crippen molar-refractivity contribution < 1.29 is 9.53 Å². The zero-order valence-corrected chi connectivity index (χ0v) is 13.9. The largest absolute Gasteiger partial charge is 0.379 e. The maximum absolute atomic E-state index is 13.0. The molecule has 1 amide bonds. The average molecular weight is 326 g/mol. The summed E-state index contributed by atoms with van der Waals surface area (Å²) in [5.41, 5.74) is 2.93. The Hall–Kier alpha value is -2.21. The molecule has 1 atom stereocenters. The van der Waals surface area contributed by atoms with Crippen molar-refractivity contribution in [3.05, 3.63) is 47.5 Å². The van der Waals surface area contributed by atoms with Gasteiger partial charge in [0.2, 0.25) is 0 Å². The summed E-state index contributed by atoms with van der Waals surface area (Å²) in [7, 11) is 1.94. The van der Waals surface area contributed by atoms with Gasteiger partial charge in [0.05, 0.1) is 30.1 Å². The molecule has 2 aromatic rings. The number of amides is 1. The van der Waals surface area contributed by atoms with E-state index in [0.29, 0.717) is 24.6 Å². The lowest BCUT2D eigenvalue weighted by Gasteiger charge is -2.36. The Kier molecular flexibility index (Phi) is 4.06. The van der Waals surface area contributed by atoms with Gasteiger partial charge in [-0.25, -0.2) is 0 Å². The fourth-order valence-electron chi connectivity index (χ4n) is 3.36.